The fourth-order valence-electron chi connectivity index (χ4n) is 2.21. The number of nitrogens with one attached hydrogen (secondary N) is 2. The summed E-state index contributed by atoms with van der Waals surface area (Å²) in [6.07, 6.45) is -4.57. The van der Waals surface area contributed by atoms with Crippen LogP contribution in [0, 0.1) is 0 Å². The lowest BCUT2D eigenvalue weighted by Crippen LogP contribution is -2.22. The van der Waals surface area contributed by atoms with E-state index in [4.69, 9.17) is 21.1 Å². The molecule has 0 fully saturated rings. The molecule has 1 aliphatic heterocycles. The molecule has 1 heterocycles. The minimum atomic E-state index is -4.57. The molecule has 1 aliphatic rings. The third-order valence-corrected chi connectivity index (χ3v) is 3.71. The van der Waals surface area contributed by atoms with E-state index in [9.17, 15) is 18.0 Å². The average Bonchev–Trinajstić information content (AvgIpc) is 3.00. The number of carbonyl (C=O) groups excluding carboxylic acids is 1. The van der Waals surface area contributed by atoms with Crippen LogP contribution in [0.5, 0.6) is 11.5 Å². The maximum Gasteiger partial charge on any atom is 0.417 e. The molecule has 3 rings (SSSR count). The van der Waals surface area contributed by atoms with Crippen molar-refractivity contribution in [3.05, 3.63) is 47.0 Å². The lowest BCUT2D eigenvalue weighted by atomic mass is 10.2. The summed E-state index contributed by atoms with van der Waals surface area (Å²) in [7, 11) is 0. The Morgan fingerprint density at radius 1 is 1.08 bits per heavy atom. The number of hydrogen-bond donors (Lipinski definition) is 2. The number of amides is 1. The molecule has 0 aromatic heterocycles. The molecule has 2 N–H and O–H groups in total. The van der Waals surface area contributed by atoms with Crippen molar-refractivity contribution in [2.24, 2.45) is 0 Å². The lowest BCUT2D eigenvalue weighted by Gasteiger charge is -2.12. The second kappa shape index (κ2) is 6.72. The van der Waals surface area contributed by atoms with E-state index in [1.807, 2.05) is 0 Å². The Hall–Kier alpha value is -2.61. The molecule has 0 saturated carbocycles. The largest absolute Gasteiger partial charge is 0.454 e. The van der Waals surface area contributed by atoms with Gasteiger partial charge in [-0.1, -0.05) is 11.6 Å². The first-order valence-electron chi connectivity index (χ1n) is 7.13. The Kier molecular flexibility index (Phi) is 4.63. The summed E-state index contributed by atoms with van der Waals surface area (Å²) in [5.41, 5.74) is -0.337. The van der Waals surface area contributed by atoms with Gasteiger partial charge in [-0.2, -0.15) is 13.2 Å². The van der Waals surface area contributed by atoms with Gasteiger partial charge in [-0.05, 0) is 30.3 Å². The van der Waals surface area contributed by atoms with Gasteiger partial charge in [-0.3, -0.25) is 4.79 Å². The molecule has 0 spiro atoms. The predicted octanol–water partition coefficient (Wildman–Crippen LogP) is 4.14. The predicted molar refractivity (Wildman–Crippen MR) is 86.1 cm³/mol. The first-order chi connectivity index (χ1) is 11.8. The van der Waals surface area contributed by atoms with Crippen molar-refractivity contribution in [1.29, 1.82) is 0 Å². The number of anilines is 2. The zero-order valence-corrected chi connectivity index (χ0v) is 13.4. The summed E-state index contributed by atoms with van der Waals surface area (Å²) in [6.45, 7) is -0.0975. The summed E-state index contributed by atoms with van der Waals surface area (Å²) in [6, 6.07) is 8.24. The molecule has 9 heteroatoms. The van der Waals surface area contributed by atoms with Crippen LogP contribution in [0.15, 0.2) is 36.4 Å². The first-order valence-corrected chi connectivity index (χ1v) is 7.51. The fourth-order valence-corrected chi connectivity index (χ4v) is 2.44. The maximum atomic E-state index is 12.8. The van der Waals surface area contributed by atoms with Crippen LogP contribution in [0.2, 0.25) is 5.02 Å². The van der Waals surface area contributed by atoms with E-state index in [1.54, 1.807) is 18.2 Å². The number of alkyl halides is 3. The van der Waals surface area contributed by atoms with E-state index >= 15 is 0 Å². The van der Waals surface area contributed by atoms with E-state index in [-0.39, 0.29) is 19.0 Å². The molecule has 0 aliphatic carbocycles. The van der Waals surface area contributed by atoms with E-state index < -0.39 is 22.7 Å². The van der Waals surface area contributed by atoms with Gasteiger partial charge in [0, 0.05) is 17.4 Å². The normalized spacial score (nSPS) is 12.8. The molecule has 0 radical (unpaired) electrons. The monoisotopic (exact) mass is 372 g/mol. The highest BCUT2D eigenvalue weighted by Crippen LogP contribution is 2.36. The van der Waals surface area contributed by atoms with Gasteiger partial charge < -0.3 is 20.1 Å². The van der Waals surface area contributed by atoms with E-state index in [0.29, 0.717) is 17.2 Å². The van der Waals surface area contributed by atoms with Crippen molar-refractivity contribution >= 4 is 28.9 Å². The summed E-state index contributed by atoms with van der Waals surface area (Å²) in [4.78, 5) is 11.9. The molecule has 0 saturated heterocycles. The molecule has 2 aromatic carbocycles. The zero-order valence-electron chi connectivity index (χ0n) is 12.6. The standard InChI is InChI=1S/C16H12ClF3N2O3/c17-12-3-1-9(5-11(12)16(18,19)20)21-7-15(23)22-10-2-4-13-14(6-10)25-8-24-13/h1-6,21H,7-8H2,(H,22,23). The Balaban J connectivity index is 1.61. The van der Waals surface area contributed by atoms with E-state index in [2.05, 4.69) is 10.6 Å². The Morgan fingerprint density at radius 3 is 2.56 bits per heavy atom. The second-order valence-electron chi connectivity index (χ2n) is 5.16. The Morgan fingerprint density at radius 2 is 1.80 bits per heavy atom. The van der Waals surface area contributed by atoms with Crippen molar-refractivity contribution in [2.45, 2.75) is 6.18 Å². The minimum Gasteiger partial charge on any atom is -0.454 e. The van der Waals surface area contributed by atoms with Gasteiger partial charge in [-0.25, -0.2) is 0 Å². The van der Waals surface area contributed by atoms with E-state index in [0.717, 1.165) is 12.1 Å². The summed E-state index contributed by atoms with van der Waals surface area (Å²) >= 11 is 5.55. The van der Waals surface area contributed by atoms with E-state index in [1.165, 1.54) is 6.07 Å². The van der Waals surface area contributed by atoms with Gasteiger partial charge in [-0.15, -0.1) is 0 Å². The summed E-state index contributed by atoms with van der Waals surface area (Å²) < 4.78 is 48.8. The van der Waals surface area contributed by atoms with Crippen LogP contribution in [0.3, 0.4) is 0 Å². The van der Waals surface area contributed by atoms with Gasteiger partial charge in [0.2, 0.25) is 12.7 Å². The lowest BCUT2D eigenvalue weighted by molar-refractivity contribution is -0.137. The van der Waals surface area contributed by atoms with Crippen molar-refractivity contribution in [1.82, 2.24) is 0 Å². The van der Waals surface area contributed by atoms with Crippen LogP contribution in [-0.2, 0) is 11.0 Å². The number of benzene rings is 2. The van der Waals surface area contributed by atoms with Crippen LogP contribution in [-0.4, -0.2) is 19.2 Å². The number of hydrogen-bond acceptors (Lipinski definition) is 4. The smallest absolute Gasteiger partial charge is 0.417 e. The van der Waals surface area contributed by atoms with Crippen molar-refractivity contribution < 1.29 is 27.4 Å². The fraction of sp³-hybridized carbons (Fsp3) is 0.188. The minimum absolute atomic E-state index is 0.117. The number of halogens is 4. The second-order valence-corrected chi connectivity index (χ2v) is 5.57. The third kappa shape index (κ3) is 4.08. The quantitative estimate of drug-likeness (QED) is 0.847. The maximum absolute atomic E-state index is 12.8. The van der Waals surface area contributed by atoms with Gasteiger partial charge in [0.15, 0.2) is 11.5 Å². The van der Waals surface area contributed by atoms with Crippen molar-refractivity contribution in [3.8, 4) is 11.5 Å². The molecule has 0 atom stereocenters. The first kappa shape index (κ1) is 17.2. The number of fused-ring (bicyclic) bond motifs is 1. The molecular formula is C16H12ClF3N2O3. The average molecular weight is 373 g/mol. The van der Waals surface area contributed by atoms with Crippen LogP contribution in [0.25, 0.3) is 0 Å². The molecule has 132 valence electrons. The molecule has 1 amide bonds. The SMILES string of the molecule is O=C(CNc1ccc(Cl)c(C(F)(F)F)c1)Nc1ccc2c(c1)OCO2. The molecule has 0 unspecified atom stereocenters. The molecule has 25 heavy (non-hydrogen) atoms. The Labute approximate surface area is 145 Å². The number of rotatable bonds is 4. The highest BCUT2D eigenvalue weighted by Gasteiger charge is 2.33. The topological polar surface area (TPSA) is 59.6 Å². The molecule has 5 nitrogen and oxygen atoms in total. The van der Waals surface area contributed by atoms with Crippen LogP contribution >= 0.6 is 11.6 Å². The Bertz CT molecular complexity index is 812. The number of ether oxygens (including phenoxy) is 2. The van der Waals surface area contributed by atoms with Crippen molar-refractivity contribution in [3.63, 3.8) is 0 Å². The molecular weight excluding hydrogens is 361 g/mol. The highest BCUT2D eigenvalue weighted by atomic mass is 35.5. The molecule has 2 aromatic rings. The highest BCUT2D eigenvalue weighted by molar-refractivity contribution is 6.31. The van der Waals surface area contributed by atoms with Crippen LogP contribution in [0.4, 0.5) is 24.5 Å². The summed E-state index contributed by atoms with van der Waals surface area (Å²) in [5.74, 6) is 0.664. The van der Waals surface area contributed by atoms with Crippen LogP contribution < -0.4 is 20.1 Å². The molecule has 0 bridgehead atoms. The van der Waals surface area contributed by atoms with Gasteiger partial charge >= 0.3 is 6.18 Å². The van der Waals surface area contributed by atoms with Crippen LogP contribution in [0.1, 0.15) is 5.56 Å². The van der Waals surface area contributed by atoms with Gasteiger partial charge in [0.1, 0.15) is 0 Å². The number of carbonyl (C=O) groups is 1. The van der Waals surface area contributed by atoms with Gasteiger partial charge in [0.05, 0.1) is 17.1 Å². The van der Waals surface area contributed by atoms with Gasteiger partial charge in [0.25, 0.3) is 0 Å². The zero-order chi connectivity index (χ0) is 18.0. The summed E-state index contributed by atoms with van der Waals surface area (Å²) in [5, 5.41) is 4.84. The van der Waals surface area contributed by atoms with Crippen molar-refractivity contribution in [2.75, 3.05) is 24.0 Å². The third-order valence-electron chi connectivity index (χ3n) is 3.38.